The number of benzene rings is 1. The van der Waals surface area contributed by atoms with Gasteiger partial charge in [-0.2, -0.15) is 0 Å². The Kier molecular flexibility index (Phi) is 4.75. The van der Waals surface area contributed by atoms with Gasteiger partial charge in [-0.05, 0) is 38.8 Å². The number of aliphatic carboxylic acids is 1. The number of aryl methyl sites for hydroxylation is 1. The van der Waals surface area contributed by atoms with Gasteiger partial charge in [-0.25, -0.2) is 0 Å². The number of hydrogen-bond acceptors (Lipinski definition) is 3. The lowest BCUT2D eigenvalue weighted by Crippen LogP contribution is -2.32. The molecule has 0 saturated heterocycles. The van der Waals surface area contributed by atoms with E-state index >= 15 is 0 Å². The van der Waals surface area contributed by atoms with E-state index in [0.29, 0.717) is 11.8 Å². The molecule has 0 aliphatic rings. The third-order valence-corrected chi connectivity index (χ3v) is 3.65. The van der Waals surface area contributed by atoms with Gasteiger partial charge >= 0.3 is 5.97 Å². The van der Waals surface area contributed by atoms with Crippen LogP contribution in [0.4, 0.5) is 0 Å². The topological polar surface area (TPSA) is 82.2 Å². The molecule has 1 heterocycles. The first-order valence-corrected chi connectivity index (χ1v) is 7.04. The number of aromatic nitrogens is 1. The van der Waals surface area contributed by atoms with Gasteiger partial charge in [0, 0.05) is 28.2 Å². The van der Waals surface area contributed by atoms with Gasteiger partial charge in [-0.3, -0.25) is 9.59 Å². The number of rotatable bonds is 6. The molecule has 5 nitrogen and oxygen atoms in total. The highest BCUT2D eigenvalue weighted by Gasteiger charge is 2.11. The zero-order chi connectivity index (χ0) is 15.4. The summed E-state index contributed by atoms with van der Waals surface area (Å²) in [6.07, 6.45) is 1.34. The number of fused-ring (bicyclic) bond motifs is 1. The molecular formula is C16H20N2O3. The summed E-state index contributed by atoms with van der Waals surface area (Å²) in [7, 11) is 0. The van der Waals surface area contributed by atoms with Crippen molar-refractivity contribution >= 4 is 16.9 Å². The number of aromatic amines is 1. The van der Waals surface area contributed by atoms with Gasteiger partial charge in [0.2, 0.25) is 0 Å². The summed E-state index contributed by atoms with van der Waals surface area (Å²) in [4.78, 5) is 26.3. The van der Waals surface area contributed by atoms with Crippen LogP contribution < -0.4 is 10.7 Å². The van der Waals surface area contributed by atoms with Gasteiger partial charge in [0.1, 0.15) is 0 Å². The van der Waals surface area contributed by atoms with Crippen LogP contribution in [0.5, 0.6) is 0 Å². The number of carbonyl (C=O) groups is 1. The Balaban J connectivity index is 2.15. The predicted octanol–water partition coefficient (Wildman–Crippen LogP) is 1.83. The van der Waals surface area contributed by atoms with Crippen LogP contribution >= 0.6 is 0 Å². The van der Waals surface area contributed by atoms with Gasteiger partial charge in [-0.15, -0.1) is 0 Å². The Bertz CT molecular complexity index is 706. The minimum atomic E-state index is -0.874. The maximum Gasteiger partial charge on any atom is 0.317 e. The smallest absolute Gasteiger partial charge is 0.317 e. The van der Waals surface area contributed by atoms with Crippen molar-refractivity contribution in [2.75, 3.05) is 6.54 Å². The van der Waals surface area contributed by atoms with Crippen LogP contribution in [0.15, 0.2) is 29.1 Å². The maximum absolute atomic E-state index is 12.5. The molecule has 0 radical (unpaired) electrons. The van der Waals surface area contributed by atoms with Gasteiger partial charge in [-0.1, -0.05) is 12.1 Å². The SMILES string of the molecule is Cc1[nH]c2ccccc2c(=O)c1CC[C@H](C)NCC(=O)O. The Morgan fingerprint density at radius 3 is 2.81 bits per heavy atom. The van der Waals surface area contributed by atoms with Gasteiger partial charge in [0.05, 0.1) is 6.54 Å². The normalized spacial score (nSPS) is 12.5. The highest BCUT2D eigenvalue weighted by atomic mass is 16.4. The highest BCUT2D eigenvalue weighted by Crippen LogP contribution is 2.12. The number of carboxylic acid groups (broad SMARTS) is 1. The Labute approximate surface area is 123 Å². The number of nitrogens with one attached hydrogen (secondary N) is 2. The molecule has 0 amide bonds. The third kappa shape index (κ3) is 3.70. The van der Waals surface area contributed by atoms with Crippen LogP contribution in [0.3, 0.4) is 0 Å². The van der Waals surface area contributed by atoms with E-state index in [-0.39, 0.29) is 18.0 Å². The fraction of sp³-hybridized carbons (Fsp3) is 0.375. The van der Waals surface area contributed by atoms with Gasteiger partial charge < -0.3 is 15.4 Å². The predicted molar refractivity (Wildman–Crippen MR) is 82.7 cm³/mol. The third-order valence-electron chi connectivity index (χ3n) is 3.65. The van der Waals surface area contributed by atoms with Crippen LogP contribution in [0.1, 0.15) is 24.6 Å². The summed E-state index contributed by atoms with van der Waals surface area (Å²) >= 11 is 0. The summed E-state index contributed by atoms with van der Waals surface area (Å²) in [5.41, 5.74) is 2.56. The number of para-hydroxylation sites is 1. The Morgan fingerprint density at radius 1 is 1.38 bits per heavy atom. The highest BCUT2D eigenvalue weighted by molar-refractivity contribution is 5.79. The van der Waals surface area contributed by atoms with Crippen LogP contribution in [0.2, 0.25) is 0 Å². The number of H-pyrrole nitrogens is 1. The van der Waals surface area contributed by atoms with Crippen LogP contribution in [-0.4, -0.2) is 28.6 Å². The molecule has 0 bridgehead atoms. The molecule has 2 aromatic rings. The number of hydrogen-bond donors (Lipinski definition) is 3. The van der Waals surface area contributed by atoms with E-state index in [1.54, 1.807) is 0 Å². The second-order valence-electron chi connectivity index (χ2n) is 5.32. The average molecular weight is 288 g/mol. The largest absolute Gasteiger partial charge is 0.480 e. The van der Waals surface area contributed by atoms with Crippen molar-refractivity contribution in [3.8, 4) is 0 Å². The molecule has 1 aromatic carbocycles. The lowest BCUT2D eigenvalue weighted by Gasteiger charge is -2.13. The van der Waals surface area contributed by atoms with Gasteiger partial charge in [0.25, 0.3) is 0 Å². The van der Waals surface area contributed by atoms with Crippen molar-refractivity contribution in [1.82, 2.24) is 10.3 Å². The second kappa shape index (κ2) is 6.54. The van der Waals surface area contributed by atoms with Crippen LogP contribution in [-0.2, 0) is 11.2 Å². The molecule has 1 atom stereocenters. The molecule has 0 fully saturated rings. The molecule has 0 aliphatic carbocycles. The van der Waals surface area contributed by atoms with E-state index < -0.39 is 5.97 Å². The second-order valence-corrected chi connectivity index (χ2v) is 5.32. The van der Waals surface area contributed by atoms with E-state index in [1.165, 1.54) is 0 Å². The summed E-state index contributed by atoms with van der Waals surface area (Å²) in [6.45, 7) is 3.76. The summed E-state index contributed by atoms with van der Waals surface area (Å²) in [6, 6.07) is 7.52. The van der Waals surface area contributed by atoms with Crippen molar-refractivity contribution in [2.24, 2.45) is 0 Å². The Morgan fingerprint density at radius 2 is 2.10 bits per heavy atom. The van der Waals surface area contributed by atoms with Crippen molar-refractivity contribution in [3.05, 3.63) is 45.7 Å². The first-order valence-electron chi connectivity index (χ1n) is 7.04. The van der Waals surface area contributed by atoms with Gasteiger partial charge in [0.15, 0.2) is 5.43 Å². The van der Waals surface area contributed by atoms with E-state index in [2.05, 4.69) is 10.3 Å². The molecule has 0 aliphatic heterocycles. The molecule has 21 heavy (non-hydrogen) atoms. The van der Waals surface area contributed by atoms with E-state index in [0.717, 1.165) is 23.2 Å². The van der Waals surface area contributed by atoms with E-state index in [1.807, 2.05) is 38.1 Å². The van der Waals surface area contributed by atoms with E-state index in [9.17, 15) is 9.59 Å². The minimum absolute atomic E-state index is 0.0476. The van der Waals surface area contributed by atoms with E-state index in [4.69, 9.17) is 5.11 Å². The molecule has 0 unspecified atom stereocenters. The fourth-order valence-electron chi connectivity index (χ4n) is 2.43. The standard InChI is InChI=1S/C16H20N2O3/c1-10(17-9-15(19)20)7-8-12-11(2)18-14-6-4-3-5-13(14)16(12)21/h3-6,10,17H,7-9H2,1-2H3,(H,18,21)(H,19,20)/t10-/m0/s1. The first-order chi connectivity index (χ1) is 9.99. The molecule has 5 heteroatoms. The molecule has 1 aromatic heterocycles. The summed E-state index contributed by atoms with van der Waals surface area (Å²) in [5.74, 6) is -0.874. The number of carboxylic acids is 1. The fourth-order valence-corrected chi connectivity index (χ4v) is 2.43. The lowest BCUT2D eigenvalue weighted by molar-refractivity contribution is -0.136. The molecule has 0 saturated carbocycles. The van der Waals surface area contributed by atoms with Crippen molar-refractivity contribution < 1.29 is 9.90 Å². The van der Waals surface area contributed by atoms with Crippen molar-refractivity contribution in [2.45, 2.75) is 32.7 Å². The molecule has 3 N–H and O–H groups in total. The molecule has 0 spiro atoms. The van der Waals surface area contributed by atoms with Crippen molar-refractivity contribution in [3.63, 3.8) is 0 Å². The Hall–Kier alpha value is -2.14. The number of pyridine rings is 1. The summed E-state index contributed by atoms with van der Waals surface area (Å²) in [5, 5.41) is 12.3. The lowest BCUT2D eigenvalue weighted by atomic mass is 10.0. The minimum Gasteiger partial charge on any atom is -0.480 e. The van der Waals surface area contributed by atoms with Crippen LogP contribution in [0.25, 0.3) is 10.9 Å². The monoisotopic (exact) mass is 288 g/mol. The zero-order valence-electron chi connectivity index (χ0n) is 12.3. The first kappa shape index (κ1) is 15.3. The molecular weight excluding hydrogens is 268 g/mol. The quantitative estimate of drug-likeness (QED) is 0.757. The molecule has 2 rings (SSSR count). The van der Waals surface area contributed by atoms with Crippen LogP contribution in [0, 0.1) is 6.92 Å². The maximum atomic E-state index is 12.5. The average Bonchev–Trinajstić information content (AvgIpc) is 2.45. The zero-order valence-corrected chi connectivity index (χ0v) is 12.3. The summed E-state index contributed by atoms with van der Waals surface area (Å²) < 4.78 is 0. The molecule has 112 valence electrons. The van der Waals surface area contributed by atoms with Crippen molar-refractivity contribution in [1.29, 1.82) is 0 Å².